The van der Waals surface area contributed by atoms with E-state index in [4.69, 9.17) is 28.4 Å². The minimum atomic E-state index is -2.45. The van der Waals surface area contributed by atoms with E-state index in [2.05, 4.69) is 15.9 Å². The summed E-state index contributed by atoms with van der Waals surface area (Å²) in [6, 6.07) is -1.16. The number of carbonyl (C=O) groups excluding carboxylic acids is 6. The second kappa shape index (κ2) is 30.4. The number of hydrogen-bond acceptors (Lipinski definition) is 14. The number of esters is 2. The molecule has 1 aliphatic carbocycles. The van der Waals surface area contributed by atoms with Crippen molar-refractivity contribution in [3.8, 4) is 0 Å². The van der Waals surface area contributed by atoms with Gasteiger partial charge in [0.15, 0.2) is 5.78 Å². The van der Waals surface area contributed by atoms with Crippen LogP contribution in [0.15, 0.2) is 47.6 Å². The first-order valence-electron chi connectivity index (χ1n) is 26.9. The van der Waals surface area contributed by atoms with Gasteiger partial charge in [-0.15, -0.1) is 0 Å². The van der Waals surface area contributed by atoms with Crippen molar-refractivity contribution < 1.29 is 67.4 Å². The molecule has 2 saturated heterocycles. The number of carbonyl (C=O) groups is 6. The fraction of sp³-hybridized carbons (Fsp3) is 0.754. The van der Waals surface area contributed by atoms with E-state index >= 15 is 0 Å². The molecule has 3 fully saturated rings. The number of unbranched alkanes of at least 4 members (excludes halogenated alkanes) is 2. The number of Topliss-reactive ketones (excluding diaryl/α,β-unsaturated/α-hetero) is 3. The third kappa shape index (κ3) is 17.9. The van der Waals surface area contributed by atoms with Crippen molar-refractivity contribution in [1.29, 1.82) is 0 Å². The molecule has 15 atom stereocenters. The van der Waals surface area contributed by atoms with Gasteiger partial charge in [-0.25, -0.2) is 4.79 Å². The molecular formula is C57H88BrNO14. The summed E-state index contributed by atoms with van der Waals surface area (Å²) in [5.41, 5.74) is 1.25. The number of aliphatic hydroxyl groups excluding tert-OH is 1. The lowest BCUT2D eigenvalue weighted by molar-refractivity contribution is -0.265. The monoisotopic (exact) mass is 1090 g/mol. The third-order valence-electron chi connectivity index (χ3n) is 15.8. The van der Waals surface area contributed by atoms with Crippen molar-refractivity contribution in [2.75, 3.05) is 33.2 Å². The lowest BCUT2D eigenvalue weighted by atomic mass is 9.78. The number of amides is 1. The van der Waals surface area contributed by atoms with Gasteiger partial charge in [0.1, 0.15) is 36.2 Å². The number of methoxy groups -OCH3 is 3. The maximum absolute atomic E-state index is 14.6. The highest BCUT2D eigenvalue weighted by atomic mass is 79.9. The predicted octanol–water partition coefficient (Wildman–Crippen LogP) is 8.69. The molecule has 0 aromatic carbocycles. The summed E-state index contributed by atoms with van der Waals surface area (Å²) >= 11 is 3.43. The van der Waals surface area contributed by atoms with Gasteiger partial charge in [-0.3, -0.25) is 24.0 Å². The normalized spacial score (nSPS) is 37.2. The molecule has 3 aliphatic heterocycles. The highest BCUT2D eigenvalue weighted by Crippen LogP contribution is 2.38. The van der Waals surface area contributed by atoms with E-state index in [-0.39, 0.29) is 60.8 Å². The molecule has 0 unspecified atom stereocenters. The number of nitrogens with zero attached hydrogens (tertiary/aromatic N) is 1. The van der Waals surface area contributed by atoms with E-state index in [0.717, 1.165) is 30.2 Å². The Morgan fingerprint density at radius 1 is 0.863 bits per heavy atom. The van der Waals surface area contributed by atoms with Gasteiger partial charge in [-0.2, -0.15) is 0 Å². The van der Waals surface area contributed by atoms with Crippen molar-refractivity contribution in [2.45, 2.75) is 206 Å². The van der Waals surface area contributed by atoms with Crippen LogP contribution in [0.2, 0.25) is 0 Å². The lowest BCUT2D eigenvalue weighted by Crippen LogP contribution is -2.61. The number of fused-ring (bicyclic) bond motifs is 3. The summed E-state index contributed by atoms with van der Waals surface area (Å²) in [4.78, 5) is 85.3. The average molecular weight is 1090 g/mol. The molecule has 0 aromatic heterocycles. The fourth-order valence-corrected chi connectivity index (χ4v) is 11.4. The molecule has 15 nitrogen and oxygen atoms in total. The Morgan fingerprint density at radius 2 is 1.60 bits per heavy atom. The zero-order valence-corrected chi connectivity index (χ0v) is 47.0. The molecule has 2 bridgehead atoms. The maximum Gasteiger partial charge on any atom is 0.329 e. The number of ketones is 3. The Hall–Kier alpha value is -3.38. The second-order valence-electron chi connectivity index (χ2n) is 21.6. The summed E-state index contributed by atoms with van der Waals surface area (Å²) in [7, 11) is 4.56. The Bertz CT molecular complexity index is 1970. The van der Waals surface area contributed by atoms with Gasteiger partial charge in [0.2, 0.25) is 5.79 Å². The van der Waals surface area contributed by atoms with Crippen LogP contribution in [0.1, 0.15) is 151 Å². The van der Waals surface area contributed by atoms with E-state index in [0.29, 0.717) is 76.2 Å². The van der Waals surface area contributed by atoms with Crippen LogP contribution in [0.25, 0.3) is 0 Å². The first-order chi connectivity index (χ1) is 34.7. The first-order valence-corrected chi connectivity index (χ1v) is 28.1. The Kier molecular flexibility index (Phi) is 25.9. The van der Waals surface area contributed by atoms with Crippen LogP contribution in [-0.4, -0.2) is 138 Å². The Morgan fingerprint density at radius 3 is 2.29 bits per heavy atom. The maximum atomic E-state index is 14.6. The Balaban J connectivity index is 1.67. The molecule has 4 aliphatic rings. The molecule has 0 aromatic rings. The molecule has 412 valence electrons. The minimum Gasteiger partial charge on any atom is -0.460 e. The van der Waals surface area contributed by atoms with E-state index in [1.54, 1.807) is 41.1 Å². The molecule has 3 heterocycles. The van der Waals surface area contributed by atoms with Crippen LogP contribution >= 0.6 is 15.9 Å². The zero-order valence-electron chi connectivity index (χ0n) is 45.4. The first kappa shape index (κ1) is 62.2. The number of cyclic esters (lactones) is 1. The summed E-state index contributed by atoms with van der Waals surface area (Å²) in [5, 5.41) is 24.4. The smallest absolute Gasteiger partial charge is 0.329 e. The van der Waals surface area contributed by atoms with E-state index < -0.39 is 83.9 Å². The van der Waals surface area contributed by atoms with Crippen molar-refractivity contribution in [1.82, 2.24) is 4.90 Å². The second-order valence-corrected chi connectivity index (χ2v) is 22.3. The van der Waals surface area contributed by atoms with Crippen LogP contribution in [0.5, 0.6) is 0 Å². The van der Waals surface area contributed by atoms with Crippen LogP contribution in [0.4, 0.5) is 0 Å². The standard InChI is InChI=1S/C57H88BrNO14/c1-35-19-13-11-14-20-36(2)47(68-8)33-43-25-23-41(7)57(67,73-43)54(64)55(65)59-28-18-16-21-44(59)56(66)72-48(34-45(60)37(3)30-40(6)52(63)53(70-10)51(62)39(5)29-35)38(4)31-42-24-26-46(49(32-42)69-9)71-50(61)22-15-12-17-27-58/h11,13-14,19-20,30,35,37-39,41-44,46-49,52-53,63,67H,12,15-18,21-29,31-34H2,1-10H3/b14-11+,19-13+,36-20+,40-30+/t35-,37-,38-,39-,41-,42+,43+,44+,46-,47+,48+,49-,52-,53+,57-/m1/s1. The predicted molar refractivity (Wildman–Crippen MR) is 281 cm³/mol. The number of hydrogen-bond donors (Lipinski definition) is 2. The zero-order chi connectivity index (χ0) is 54.0. The van der Waals surface area contributed by atoms with Crippen molar-refractivity contribution in [3.63, 3.8) is 0 Å². The van der Waals surface area contributed by atoms with Crippen LogP contribution in [-0.2, 0) is 57.2 Å². The van der Waals surface area contributed by atoms with Gasteiger partial charge in [-0.05, 0) is 120 Å². The fourth-order valence-electron chi connectivity index (χ4n) is 11.0. The lowest BCUT2D eigenvalue weighted by Gasteiger charge is -2.42. The topological polar surface area (TPSA) is 201 Å². The van der Waals surface area contributed by atoms with Gasteiger partial charge in [-0.1, -0.05) is 93.4 Å². The van der Waals surface area contributed by atoms with E-state index in [9.17, 15) is 39.0 Å². The number of allylic oxidation sites excluding steroid dienone is 6. The molecule has 4 rings (SSSR count). The van der Waals surface area contributed by atoms with Gasteiger partial charge < -0.3 is 43.5 Å². The number of ether oxygens (including phenoxy) is 6. The SMILES string of the molecule is CO[C@H]1C[C@@H]2CC[C@@H](C)[C@@](O)(O2)C(=O)C(=O)N2CCCC[C@H]2C(=O)O[C@H]([C@H](C)C[C@@H]2CC[C@@H](OC(=O)CCCCCBr)[C@H](OC)C2)CC(=O)[C@H](C)/C=C(\C)[C@@H](O)[C@@H](OC)C(=O)[C@H](C)C[C@H](C)/C=C/C=C/C=C/1C. The molecular weight excluding hydrogens is 1000 g/mol. The largest absolute Gasteiger partial charge is 0.460 e. The number of rotatable bonds is 12. The number of halogens is 1. The quantitative estimate of drug-likeness (QED) is 0.0618. The van der Waals surface area contributed by atoms with Crippen molar-refractivity contribution >= 4 is 51.1 Å². The number of aliphatic hydroxyl groups is 2. The van der Waals surface area contributed by atoms with E-state index in [1.165, 1.54) is 12.0 Å². The van der Waals surface area contributed by atoms with Crippen LogP contribution in [0.3, 0.4) is 0 Å². The summed E-state index contributed by atoms with van der Waals surface area (Å²) in [5.74, 6) is -8.41. The van der Waals surface area contributed by atoms with Crippen LogP contribution < -0.4 is 0 Å². The van der Waals surface area contributed by atoms with Gasteiger partial charge in [0.25, 0.3) is 11.7 Å². The van der Waals surface area contributed by atoms with Crippen molar-refractivity contribution in [2.24, 2.45) is 35.5 Å². The highest BCUT2D eigenvalue weighted by molar-refractivity contribution is 9.09. The Labute approximate surface area is 443 Å². The molecule has 73 heavy (non-hydrogen) atoms. The van der Waals surface area contributed by atoms with Gasteiger partial charge in [0.05, 0.1) is 18.3 Å². The third-order valence-corrected chi connectivity index (χ3v) is 16.3. The number of piperidine rings is 1. The average Bonchev–Trinajstić information content (AvgIpc) is 3.37. The van der Waals surface area contributed by atoms with E-state index in [1.807, 2.05) is 58.1 Å². The highest BCUT2D eigenvalue weighted by Gasteiger charge is 2.53. The molecule has 1 saturated carbocycles. The summed E-state index contributed by atoms with van der Waals surface area (Å²) in [6.45, 7) is 12.7. The molecule has 0 radical (unpaired) electrons. The molecule has 0 spiro atoms. The van der Waals surface area contributed by atoms with Gasteiger partial charge in [0, 0.05) is 70.2 Å². The van der Waals surface area contributed by atoms with Gasteiger partial charge >= 0.3 is 11.9 Å². The number of alkyl halides is 1. The molecule has 2 N–H and O–H groups in total. The minimum absolute atomic E-state index is 0.00886. The summed E-state index contributed by atoms with van der Waals surface area (Å²) in [6.07, 6.45) is 14.2. The molecule has 1 amide bonds. The van der Waals surface area contributed by atoms with Crippen molar-refractivity contribution in [3.05, 3.63) is 47.6 Å². The summed E-state index contributed by atoms with van der Waals surface area (Å²) < 4.78 is 35.7. The molecule has 16 heteroatoms. The van der Waals surface area contributed by atoms with Crippen LogP contribution in [0, 0.1) is 35.5 Å².